The predicted octanol–water partition coefficient (Wildman–Crippen LogP) is 4.20. The number of aromatic nitrogens is 1. The molecule has 3 aromatic rings. The van der Waals surface area contributed by atoms with Crippen molar-refractivity contribution in [1.82, 2.24) is 4.98 Å². The molecule has 0 saturated carbocycles. The summed E-state index contributed by atoms with van der Waals surface area (Å²) in [7, 11) is 0. The fraction of sp³-hybridized carbons (Fsp3) is 0.0588. The monoisotopic (exact) mass is 467 g/mol. The number of azo groups is 1. The Morgan fingerprint density at radius 1 is 1.12 bits per heavy atom. The van der Waals surface area contributed by atoms with Gasteiger partial charge in [-0.2, -0.15) is 0 Å². The lowest BCUT2D eigenvalue weighted by atomic mass is 10.2. The molecule has 0 spiro atoms. The van der Waals surface area contributed by atoms with Crippen LogP contribution in [0.3, 0.4) is 0 Å². The predicted molar refractivity (Wildman–Crippen MR) is 103 cm³/mol. The Hall–Kier alpha value is -2.95. The third kappa shape index (κ3) is 5.02. The summed E-state index contributed by atoms with van der Waals surface area (Å²) in [5, 5.41) is 34.8. The lowest BCUT2D eigenvalue weighted by molar-refractivity contribution is -0.134. The van der Waals surface area contributed by atoms with Crippen LogP contribution in [-0.2, 0) is 4.79 Å². The van der Waals surface area contributed by atoms with E-state index in [1.165, 1.54) is 18.2 Å². The Labute approximate surface area is 161 Å². The third-order valence-electron chi connectivity index (χ3n) is 3.05. The van der Waals surface area contributed by atoms with Gasteiger partial charge in [-0.05, 0) is 59.0 Å². The van der Waals surface area contributed by atoms with Gasteiger partial charge >= 0.3 is 0 Å². The van der Waals surface area contributed by atoms with Gasteiger partial charge in [0.15, 0.2) is 5.69 Å². The van der Waals surface area contributed by atoms with Crippen LogP contribution in [0.1, 0.15) is 17.3 Å². The number of nitrogens with one attached hydrogen (secondary N) is 1. The molecule has 0 aliphatic carbocycles. The number of hydrogen-bond acceptors (Lipinski definition) is 5. The van der Waals surface area contributed by atoms with Crippen molar-refractivity contribution in [3.05, 3.63) is 51.6 Å². The first-order valence-corrected chi connectivity index (χ1v) is 8.30. The smallest absolute Gasteiger partial charge is 0.300 e. The second-order valence-electron chi connectivity index (χ2n) is 5.09. The number of aromatic amines is 1. The van der Waals surface area contributed by atoms with Crippen LogP contribution in [0.2, 0.25) is 0 Å². The van der Waals surface area contributed by atoms with E-state index in [2.05, 4.69) is 37.8 Å². The fourth-order valence-electron chi connectivity index (χ4n) is 2.03. The van der Waals surface area contributed by atoms with Gasteiger partial charge in [0.25, 0.3) is 11.9 Å². The van der Waals surface area contributed by atoms with Crippen LogP contribution in [0.5, 0.6) is 11.6 Å². The number of fused-ring (bicyclic) bond motifs is 1. The van der Waals surface area contributed by atoms with Gasteiger partial charge in [0.2, 0.25) is 5.88 Å². The second kappa shape index (κ2) is 8.43. The number of amides is 1. The molecule has 0 bridgehead atoms. The molecule has 134 valence electrons. The molecule has 0 atom stereocenters. The zero-order valence-electron chi connectivity index (χ0n) is 13.5. The Morgan fingerprint density at radius 3 is 2.46 bits per heavy atom. The van der Waals surface area contributed by atoms with E-state index in [9.17, 15) is 15.0 Å². The Bertz CT molecular complexity index is 993. The zero-order chi connectivity index (χ0) is 19.3. The summed E-state index contributed by atoms with van der Waals surface area (Å²) in [6.07, 6.45) is 0. The van der Waals surface area contributed by atoms with E-state index < -0.39 is 11.9 Å². The molecule has 0 aliphatic rings. The number of rotatable bonds is 2. The number of aliphatic carboxylic acids is 1. The number of carbonyl (C=O) groups is 2. The van der Waals surface area contributed by atoms with Crippen LogP contribution in [-0.4, -0.2) is 32.2 Å². The molecule has 3 rings (SSSR count). The van der Waals surface area contributed by atoms with Gasteiger partial charge in [-0.15, -0.1) is 10.2 Å². The number of carboxylic acid groups (broad SMARTS) is 1. The van der Waals surface area contributed by atoms with Crippen LogP contribution < -0.4 is 0 Å². The maximum atomic E-state index is 11.9. The van der Waals surface area contributed by atoms with Gasteiger partial charge in [0.1, 0.15) is 5.75 Å². The van der Waals surface area contributed by atoms with E-state index in [1.807, 2.05) is 18.2 Å². The van der Waals surface area contributed by atoms with Gasteiger partial charge in [-0.1, -0.05) is 6.07 Å². The molecule has 9 heteroatoms. The van der Waals surface area contributed by atoms with Crippen LogP contribution >= 0.6 is 22.6 Å². The fourth-order valence-corrected chi connectivity index (χ4v) is 2.52. The van der Waals surface area contributed by atoms with E-state index >= 15 is 0 Å². The summed E-state index contributed by atoms with van der Waals surface area (Å²) in [4.78, 5) is 23.7. The highest BCUT2D eigenvalue weighted by Crippen LogP contribution is 2.36. The number of hydrogen-bond donors (Lipinski definition) is 4. The van der Waals surface area contributed by atoms with Gasteiger partial charge in [0, 0.05) is 21.4 Å². The quantitative estimate of drug-likeness (QED) is 0.331. The summed E-state index contributed by atoms with van der Waals surface area (Å²) in [6, 6.07) is 11.4. The first-order valence-electron chi connectivity index (χ1n) is 7.22. The number of benzene rings is 2. The minimum absolute atomic E-state index is 0.0226. The van der Waals surface area contributed by atoms with Crippen molar-refractivity contribution < 1.29 is 24.9 Å². The minimum atomic E-state index is -0.833. The minimum Gasteiger partial charge on any atom is -0.508 e. The Morgan fingerprint density at radius 2 is 1.81 bits per heavy atom. The first-order chi connectivity index (χ1) is 12.3. The van der Waals surface area contributed by atoms with Gasteiger partial charge < -0.3 is 20.3 Å². The van der Waals surface area contributed by atoms with Crippen LogP contribution in [0.15, 0.2) is 52.7 Å². The molecule has 0 unspecified atom stereocenters. The highest BCUT2D eigenvalue weighted by molar-refractivity contribution is 14.1. The molecule has 26 heavy (non-hydrogen) atoms. The number of aromatic hydroxyl groups is 2. The average molecular weight is 467 g/mol. The maximum absolute atomic E-state index is 11.9. The summed E-state index contributed by atoms with van der Waals surface area (Å²) >= 11 is 2.15. The first kappa shape index (κ1) is 19.4. The highest BCUT2D eigenvalue weighted by atomic mass is 127. The molecular formula is C17H14IN3O5. The Balaban J connectivity index is 0.000000552. The van der Waals surface area contributed by atoms with Gasteiger partial charge in [0.05, 0.1) is 5.52 Å². The maximum Gasteiger partial charge on any atom is 0.300 e. The van der Waals surface area contributed by atoms with E-state index in [1.54, 1.807) is 6.07 Å². The van der Waals surface area contributed by atoms with Crippen molar-refractivity contribution in [3.63, 3.8) is 0 Å². The molecule has 1 heterocycles. The van der Waals surface area contributed by atoms with Crippen molar-refractivity contribution in [2.24, 2.45) is 10.2 Å². The third-order valence-corrected chi connectivity index (χ3v) is 3.72. The SMILES string of the molecule is CC(=O)O.O=C(N=Nc1c(O)[nH]c2ccc(I)cc12)c1cccc(O)c1. The topological polar surface area (TPSA) is 135 Å². The van der Waals surface area contributed by atoms with Gasteiger partial charge in [-0.25, -0.2) is 0 Å². The van der Waals surface area contributed by atoms with Gasteiger partial charge in [-0.3, -0.25) is 9.59 Å². The molecule has 8 nitrogen and oxygen atoms in total. The number of halogens is 1. The molecule has 1 amide bonds. The number of H-pyrrole nitrogens is 1. The standard InChI is InChI=1S/C15H10IN3O3.C2H4O2/c16-9-4-5-12-11(7-9)13(15(22)17-12)18-19-14(21)8-2-1-3-10(20)6-8;1-2(3)4/h1-7,17,20,22H;1H3,(H,3,4). The Kier molecular flexibility index (Phi) is 6.28. The van der Waals surface area contributed by atoms with Crippen LogP contribution in [0.25, 0.3) is 10.9 Å². The number of carbonyl (C=O) groups excluding carboxylic acids is 1. The molecule has 0 saturated heterocycles. The molecular weight excluding hydrogens is 453 g/mol. The molecule has 0 fully saturated rings. The lowest BCUT2D eigenvalue weighted by Gasteiger charge is -1.96. The zero-order valence-corrected chi connectivity index (χ0v) is 15.6. The second-order valence-corrected chi connectivity index (χ2v) is 6.33. The number of carboxylic acids is 1. The summed E-state index contributed by atoms with van der Waals surface area (Å²) in [5.74, 6) is -1.61. The molecule has 1 aromatic heterocycles. The molecule has 0 aliphatic heterocycles. The van der Waals surface area contributed by atoms with Crippen molar-refractivity contribution in [2.45, 2.75) is 6.92 Å². The summed E-state index contributed by atoms with van der Waals surface area (Å²) < 4.78 is 0.972. The van der Waals surface area contributed by atoms with Crippen LogP contribution in [0, 0.1) is 3.57 Å². The van der Waals surface area contributed by atoms with E-state index in [0.717, 1.165) is 10.5 Å². The van der Waals surface area contributed by atoms with E-state index in [-0.39, 0.29) is 22.9 Å². The van der Waals surface area contributed by atoms with Crippen molar-refractivity contribution in [2.75, 3.05) is 0 Å². The van der Waals surface area contributed by atoms with Crippen molar-refractivity contribution in [3.8, 4) is 11.6 Å². The van der Waals surface area contributed by atoms with Crippen molar-refractivity contribution in [1.29, 1.82) is 0 Å². The number of nitrogens with zero attached hydrogens (tertiary/aromatic N) is 2. The number of phenolic OH excluding ortho intramolecular Hbond substituents is 1. The van der Waals surface area contributed by atoms with E-state index in [4.69, 9.17) is 9.90 Å². The van der Waals surface area contributed by atoms with Crippen molar-refractivity contribution >= 4 is 51.1 Å². The van der Waals surface area contributed by atoms with Crippen LogP contribution in [0.4, 0.5) is 5.69 Å². The lowest BCUT2D eigenvalue weighted by Crippen LogP contribution is -1.92. The highest BCUT2D eigenvalue weighted by Gasteiger charge is 2.12. The average Bonchev–Trinajstić information content (AvgIpc) is 2.87. The summed E-state index contributed by atoms with van der Waals surface area (Å²) in [5.41, 5.74) is 1.14. The largest absolute Gasteiger partial charge is 0.508 e. The van der Waals surface area contributed by atoms with E-state index in [0.29, 0.717) is 10.9 Å². The molecule has 0 radical (unpaired) electrons. The number of phenols is 1. The summed E-state index contributed by atoms with van der Waals surface area (Å²) in [6.45, 7) is 1.08. The normalized spacial score (nSPS) is 10.5. The molecule has 2 aromatic carbocycles. The molecule has 4 N–H and O–H groups in total.